The van der Waals surface area contributed by atoms with Crippen LogP contribution in [-0.2, 0) is 17.6 Å². The number of unbranched alkanes of at least 4 members (excludes halogenated alkanes) is 2. The van der Waals surface area contributed by atoms with Crippen LogP contribution in [0.15, 0.2) is 60.7 Å². The fourth-order valence-electron chi connectivity index (χ4n) is 3.56. The highest BCUT2D eigenvalue weighted by atomic mass is 16.4. The molecule has 0 amide bonds. The van der Waals surface area contributed by atoms with Crippen molar-refractivity contribution >= 4 is 5.97 Å². The van der Waals surface area contributed by atoms with Gasteiger partial charge in [0.05, 0.1) is 0 Å². The fourth-order valence-corrected chi connectivity index (χ4v) is 3.56. The van der Waals surface area contributed by atoms with Crippen LogP contribution < -0.4 is 0 Å². The van der Waals surface area contributed by atoms with Gasteiger partial charge in [-0.1, -0.05) is 86.3 Å². The molecule has 0 aliphatic heterocycles. The van der Waals surface area contributed by atoms with E-state index in [0.717, 1.165) is 32.1 Å². The molecule has 2 aromatic carbocycles. The number of hydrogen-bond acceptors (Lipinski definition) is 1. The normalized spacial score (nSPS) is 12.0. The molecule has 2 heteroatoms. The number of aryl methyl sites for hydroxylation is 2. The van der Waals surface area contributed by atoms with Gasteiger partial charge in [-0.2, -0.15) is 0 Å². The van der Waals surface area contributed by atoms with Crippen LogP contribution in [0.1, 0.15) is 62.5 Å². The third-order valence-corrected chi connectivity index (χ3v) is 5.11. The van der Waals surface area contributed by atoms with E-state index < -0.39 is 5.97 Å². The predicted octanol–water partition coefficient (Wildman–Crippen LogP) is 6.29. The lowest BCUT2D eigenvalue weighted by molar-refractivity contribution is -0.137. The Morgan fingerprint density at radius 1 is 0.692 bits per heavy atom. The predicted molar refractivity (Wildman–Crippen MR) is 108 cm³/mol. The average molecular weight is 353 g/mol. The maximum absolute atomic E-state index is 10.7. The maximum Gasteiger partial charge on any atom is 0.303 e. The molecule has 140 valence electrons. The van der Waals surface area contributed by atoms with Gasteiger partial charge in [0.15, 0.2) is 0 Å². The van der Waals surface area contributed by atoms with Crippen molar-refractivity contribution < 1.29 is 9.90 Å². The summed E-state index contributed by atoms with van der Waals surface area (Å²) >= 11 is 0. The Morgan fingerprint density at radius 3 is 1.81 bits per heavy atom. The second kappa shape index (κ2) is 12.3. The van der Waals surface area contributed by atoms with Crippen molar-refractivity contribution in [2.45, 2.75) is 64.2 Å². The van der Waals surface area contributed by atoms with Crippen LogP contribution in [0.3, 0.4) is 0 Å². The summed E-state index contributed by atoms with van der Waals surface area (Å²) in [6.07, 6.45) is 10.5. The van der Waals surface area contributed by atoms with Gasteiger partial charge in [-0.05, 0) is 49.1 Å². The molecule has 0 radical (unpaired) electrons. The molecule has 0 heterocycles. The lowest BCUT2D eigenvalue weighted by Gasteiger charge is -2.17. The molecule has 0 saturated carbocycles. The van der Waals surface area contributed by atoms with Crippen molar-refractivity contribution in [2.75, 3.05) is 0 Å². The van der Waals surface area contributed by atoms with Crippen molar-refractivity contribution in [3.63, 3.8) is 0 Å². The molecule has 0 bridgehead atoms. The monoisotopic (exact) mass is 352 g/mol. The van der Waals surface area contributed by atoms with E-state index in [0.29, 0.717) is 12.3 Å². The third kappa shape index (κ3) is 8.84. The first-order chi connectivity index (χ1) is 12.7. The molecule has 1 unspecified atom stereocenters. The summed E-state index contributed by atoms with van der Waals surface area (Å²) in [6.45, 7) is 0. The highest BCUT2D eigenvalue weighted by Gasteiger charge is 2.10. The first-order valence-corrected chi connectivity index (χ1v) is 10.0. The number of benzene rings is 2. The second-order valence-electron chi connectivity index (χ2n) is 7.26. The van der Waals surface area contributed by atoms with Crippen LogP contribution in [0.2, 0.25) is 0 Å². The van der Waals surface area contributed by atoms with Gasteiger partial charge in [-0.3, -0.25) is 4.79 Å². The minimum Gasteiger partial charge on any atom is -0.481 e. The van der Waals surface area contributed by atoms with E-state index in [1.54, 1.807) is 0 Å². The Bertz CT molecular complexity index is 607. The minimum atomic E-state index is -0.673. The zero-order valence-corrected chi connectivity index (χ0v) is 15.8. The SMILES string of the molecule is O=C(O)CCCCC(CCCCc1ccccc1)CCc1ccccc1. The number of carboxylic acid groups (broad SMARTS) is 1. The Balaban J connectivity index is 1.72. The van der Waals surface area contributed by atoms with E-state index in [2.05, 4.69) is 60.7 Å². The quantitative estimate of drug-likeness (QED) is 0.430. The Morgan fingerprint density at radius 2 is 1.23 bits per heavy atom. The molecule has 26 heavy (non-hydrogen) atoms. The van der Waals surface area contributed by atoms with E-state index >= 15 is 0 Å². The molecular weight excluding hydrogens is 320 g/mol. The van der Waals surface area contributed by atoms with Crippen LogP contribution in [0.4, 0.5) is 0 Å². The Kier molecular flexibility index (Phi) is 9.56. The number of carbonyl (C=O) groups is 1. The molecule has 1 atom stereocenters. The topological polar surface area (TPSA) is 37.3 Å². The number of carboxylic acids is 1. The van der Waals surface area contributed by atoms with E-state index in [-0.39, 0.29) is 0 Å². The summed E-state index contributed by atoms with van der Waals surface area (Å²) in [4.78, 5) is 10.7. The summed E-state index contributed by atoms with van der Waals surface area (Å²) in [7, 11) is 0. The summed E-state index contributed by atoms with van der Waals surface area (Å²) in [5, 5.41) is 8.81. The second-order valence-corrected chi connectivity index (χ2v) is 7.26. The van der Waals surface area contributed by atoms with Gasteiger partial charge < -0.3 is 5.11 Å². The number of hydrogen-bond donors (Lipinski definition) is 1. The average Bonchev–Trinajstić information content (AvgIpc) is 2.67. The molecule has 0 fully saturated rings. The summed E-state index contributed by atoms with van der Waals surface area (Å²) < 4.78 is 0. The summed E-state index contributed by atoms with van der Waals surface area (Å²) in [5.41, 5.74) is 2.84. The maximum atomic E-state index is 10.7. The van der Waals surface area contributed by atoms with E-state index in [1.165, 1.54) is 36.8 Å². The van der Waals surface area contributed by atoms with Gasteiger partial charge >= 0.3 is 5.97 Å². The van der Waals surface area contributed by atoms with Gasteiger partial charge in [0.2, 0.25) is 0 Å². The molecule has 2 rings (SSSR count). The minimum absolute atomic E-state index is 0.305. The van der Waals surface area contributed by atoms with Gasteiger partial charge in [-0.25, -0.2) is 0 Å². The van der Waals surface area contributed by atoms with Gasteiger partial charge in [0, 0.05) is 6.42 Å². The van der Waals surface area contributed by atoms with Crippen LogP contribution in [-0.4, -0.2) is 11.1 Å². The molecule has 0 aromatic heterocycles. The standard InChI is InChI=1S/C24H32O2/c25-24(26)18-10-9-17-23(20-19-22-13-5-2-6-14-22)16-8-7-15-21-11-3-1-4-12-21/h1-6,11-14,23H,7-10,15-20H2,(H,25,26). The first-order valence-electron chi connectivity index (χ1n) is 10.0. The lowest BCUT2D eigenvalue weighted by Crippen LogP contribution is -2.04. The summed E-state index contributed by atoms with van der Waals surface area (Å²) in [6, 6.07) is 21.4. The smallest absolute Gasteiger partial charge is 0.303 e. The molecular formula is C24H32O2. The molecule has 0 aliphatic carbocycles. The first kappa shape index (κ1) is 20.2. The van der Waals surface area contributed by atoms with Crippen molar-refractivity contribution in [1.29, 1.82) is 0 Å². The highest BCUT2D eigenvalue weighted by Crippen LogP contribution is 2.23. The van der Waals surface area contributed by atoms with Gasteiger partial charge in [-0.15, -0.1) is 0 Å². The molecule has 0 spiro atoms. The number of rotatable bonds is 13. The summed E-state index contributed by atoms with van der Waals surface area (Å²) in [5.74, 6) is 0.0356. The van der Waals surface area contributed by atoms with E-state index in [1.807, 2.05) is 0 Å². The molecule has 2 nitrogen and oxygen atoms in total. The highest BCUT2D eigenvalue weighted by molar-refractivity contribution is 5.66. The zero-order valence-electron chi connectivity index (χ0n) is 15.8. The van der Waals surface area contributed by atoms with Crippen LogP contribution in [0, 0.1) is 5.92 Å². The largest absolute Gasteiger partial charge is 0.481 e. The number of aliphatic carboxylic acids is 1. The van der Waals surface area contributed by atoms with Gasteiger partial charge in [0.1, 0.15) is 0 Å². The lowest BCUT2D eigenvalue weighted by atomic mass is 9.89. The molecule has 1 N–H and O–H groups in total. The van der Waals surface area contributed by atoms with E-state index in [9.17, 15) is 4.79 Å². The fraction of sp³-hybridized carbons (Fsp3) is 0.458. The van der Waals surface area contributed by atoms with Crippen molar-refractivity contribution in [3.8, 4) is 0 Å². The molecule has 0 saturated heterocycles. The van der Waals surface area contributed by atoms with Crippen LogP contribution in [0.5, 0.6) is 0 Å². The Hall–Kier alpha value is -2.09. The van der Waals surface area contributed by atoms with Crippen LogP contribution >= 0.6 is 0 Å². The van der Waals surface area contributed by atoms with Crippen LogP contribution in [0.25, 0.3) is 0 Å². The Labute approximate surface area is 158 Å². The molecule has 0 aliphatic rings. The van der Waals surface area contributed by atoms with E-state index in [4.69, 9.17) is 5.11 Å². The third-order valence-electron chi connectivity index (χ3n) is 5.11. The zero-order chi connectivity index (χ0) is 18.5. The van der Waals surface area contributed by atoms with Crippen molar-refractivity contribution in [1.82, 2.24) is 0 Å². The van der Waals surface area contributed by atoms with Gasteiger partial charge in [0.25, 0.3) is 0 Å². The van der Waals surface area contributed by atoms with Crippen molar-refractivity contribution in [2.24, 2.45) is 5.92 Å². The van der Waals surface area contributed by atoms with Crippen molar-refractivity contribution in [3.05, 3.63) is 71.8 Å². The molecule has 2 aromatic rings.